The Morgan fingerprint density at radius 3 is 2.56 bits per heavy atom. The van der Waals surface area contributed by atoms with Gasteiger partial charge < -0.3 is 14.1 Å². The molecule has 0 radical (unpaired) electrons. The summed E-state index contributed by atoms with van der Waals surface area (Å²) >= 11 is 6.01. The molecule has 1 aliphatic carbocycles. The SMILES string of the molecule is COc1ccc2c(c1)c(CC(=O)N(Cc1ccco1)C1CC1)c(C)n2C(=O)c1ccc(Cl)cc1. The van der Waals surface area contributed by atoms with E-state index in [0.717, 1.165) is 40.8 Å². The first-order valence-electron chi connectivity index (χ1n) is 11.3. The Bertz CT molecular complexity index is 1350. The number of furan rings is 1. The quantitative estimate of drug-likeness (QED) is 0.347. The van der Waals surface area contributed by atoms with Crippen molar-refractivity contribution >= 4 is 34.3 Å². The molecule has 174 valence electrons. The van der Waals surface area contributed by atoms with E-state index in [-0.39, 0.29) is 24.3 Å². The van der Waals surface area contributed by atoms with Crippen LogP contribution >= 0.6 is 11.6 Å². The Morgan fingerprint density at radius 2 is 1.91 bits per heavy atom. The highest BCUT2D eigenvalue weighted by Gasteiger charge is 2.34. The minimum absolute atomic E-state index is 0.0165. The van der Waals surface area contributed by atoms with Crippen molar-refractivity contribution in [2.45, 2.75) is 38.8 Å². The van der Waals surface area contributed by atoms with Gasteiger partial charge >= 0.3 is 0 Å². The fraction of sp³-hybridized carbons (Fsp3) is 0.259. The van der Waals surface area contributed by atoms with Gasteiger partial charge in [-0.25, -0.2) is 0 Å². The third-order valence-corrected chi connectivity index (χ3v) is 6.63. The molecule has 0 saturated heterocycles. The van der Waals surface area contributed by atoms with E-state index in [1.165, 1.54) is 0 Å². The maximum Gasteiger partial charge on any atom is 0.262 e. The summed E-state index contributed by atoms with van der Waals surface area (Å²) in [7, 11) is 1.60. The molecule has 1 amide bonds. The summed E-state index contributed by atoms with van der Waals surface area (Å²) in [5.41, 5.74) is 2.83. The van der Waals surface area contributed by atoms with E-state index in [2.05, 4.69) is 0 Å². The summed E-state index contributed by atoms with van der Waals surface area (Å²) in [6, 6.07) is 16.4. The van der Waals surface area contributed by atoms with Gasteiger partial charge in [-0.3, -0.25) is 14.2 Å². The van der Waals surface area contributed by atoms with E-state index in [4.69, 9.17) is 20.8 Å². The predicted molar refractivity (Wildman–Crippen MR) is 130 cm³/mol. The normalized spacial score (nSPS) is 13.3. The van der Waals surface area contributed by atoms with Crippen LogP contribution in [0.4, 0.5) is 0 Å². The van der Waals surface area contributed by atoms with Crippen LogP contribution in [0.1, 0.15) is 40.2 Å². The molecular formula is C27H25ClN2O4. The Balaban J connectivity index is 1.54. The molecular weight excluding hydrogens is 452 g/mol. The predicted octanol–water partition coefficient (Wildman–Crippen LogP) is 5.63. The van der Waals surface area contributed by atoms with Gasteiger partial charge in [-0.05, 0) is 79.9 Å². The maximum absolute atomic E-state index is 13.5. The molecule has 1 fully saturated rings. The summed E-state index contributed by atoms with van der Waals surface area (Å²) in [5.74, 6) is 1.28. The van der Waals surface area contributed by atoms with Crippen LogP contribution in [0.15, 0.2) is 65.3 Å². The smallest absolute Gasteiger partial charge is 0.262 e. The largest absolute Gasteiger partial charge is 0.497 e. The topological polar surface area (TPSA) is 64.7 Å². The van der Waals surface area contributed by atoms with Gasteiger partial charge in [0.15, 0.2) is 0 Å². The number of aromatic nitrogens is 1. The lowest BCUT2D eigenvalue weighted by molar-refractivity contribution is -0.131. The highest BCUT2D eigenvalue weighted by atomic mass is 35.5. The molecule has 4 aromatic rings. The van der Waals surface area contributed by atoms with Crippen molar-refractivity contribution in [1.82, 2.24) is 9.47 Å². The second kappa shape index (κ2) is 9.03. The Hall–Kier alpha value is -3.51. The second-order valence-electron chi connectivity index (χ2n) is 8.60. The summed E-state index contributed by atoms with van der Waals surface area (Å²) in [6.07, 6.45) is 3.80. The van der Waals surface area contributed by atoms with Gasteiger partial charge in [0.1, 0.15) is 11.5 Å². The standard InChI is InChI=1S/C27H25ClN2O4/c1-17-23(15-26(31)29(20-9-10-20)16-22-4-3-13-34-22)24-14-21(33-2)11-12-25(24)30(17)27(32)18-5-7-19(28)8-6-18/h3-8,11-14,20H,9-10,15-16H2,1-2H3. The molecule has 0 aliphatic heterocycles. The lowest BCUT2D eigenvalue weighted by Gasteiger charge is -2.21. The zero-order valence-electron chi connectivity index (χ0n) is 19.1. The first kappa shape index (κ1) is 22.3. The minimum Gasteiger partial charge on any atom is -0.497 e. The number of nitrogens with zero attached hydrogens (tertiary/aromatic N) is 2. The van der Waals surface area contributed by atoms with Crippen molar-refractivity contribution in [3.05, 3.63) is 88.5 Å². The highest BCUT2D eigenvalue weighted by Crippen LogP contribution is 2.33. The molecule has 1 aliphatic rings. The second-order valence-corrected chi connectivity index (χ2v) is 9.04. The van der Waals surface area contributed by atoms with Crippen molar-refractivity contribution in [1.29, 1.82) is 0 Å². The zero-order valence-corrected chi connectivity index (χ0v) is 19.8. The number of carbonyl (C=O) groups excluding carboxylic acids is 2. The molecule has 6 nitrogen and oxygen atoms in total. The number of rotatable bonds is 7. The molecule has 0 bridgehead atoms. The van der Waals surface area contributed by atoms with Gasteiger partial charge in [0, 0.05) is 27.7 Å². The van der Waals surface area contributed by atoms with Crippen LogP contribution in [0.3, 0.4) is 0 Å². The van der Waals surface area contributed by atoms with Crippen LogP contribution in [0, 0.1) is 6.92 Å². The number of hydrogen-bond acceptors (Lipinski definition) is 4. The average Bonchev–Trinajstić information content (AvgIpc) is 3.48. The number of halogens is 1. The van der Waals surface area contributed by atoms with Crippen LogP contribution in [-0.2, 0) is 17.8 Å². The van der Waals surface area contributed by atoms with Gasteiger partial charge in [0.2, 0.25) is 5.91 Å². The van der Waals surface area contributed by atoms with E-state index in [1.807, 2.05) is 42.2 Å². The molecule has 0 spiro atoms. The molecule has 34 heavy (non-hydrogen) atoms. The van der Waals surface area contributed by atoms with E-state index in [1.54, 1.807) is 42.2 Å². The van der Waals surface area contributed by atoms with Crippen LogP contribution in [-0.4, -0.2) is 34.4 Å². The number of amides is 1. The van der Waals surface area contributed by atoms with E-state index in [0.29, 0.717) is 22.9 Å². The lowest BCUT2D eigenvalue weighted by atomic mass is 10.1. The van der Waals surface area contributed by atoms with Crippen molar-refractivity contribution in [2.75, 3.05) is 7.11 Å². The lowest BCUT2D eigenvalue weighted by Crippen LogP contribution is -2.33. The first-order chi connectivity index (χ1) is 16.5. The molecule has 5 rings (SSSR count). The van der Waals surface area contributed by atoms with Crippen LogP contribution in [0.2, 0.25) is 5.02 Å². The molecule has 0 unspecified atom stereocenters. The van der Waals surface area contributed by atoms with Gasteiger partial charge in [0.05, 0.1) is 31.9 Å². The molecule has 7 heteroatoms. The van der Waals surface area contributed by atoms with Crippen LogP contribution in [0.5, 0.6) is 5.75 Å². The van der Waals surface area contributed by atoms with E-state index >= 15 is 0 Å². The van der Waals surface area contributed by atoms with Gasteiger partial charge in [0.25, 0.3) is 5.91 Å². The Kier molecular flexibility index (Phi) is 5.92. The Labute approximate surface area is 202 Å². The number of benzene rings is 2. The van der Waals surface area contributed by atoms with Crippen molar-refractivity contribution in [2.24, 2.45) is 0 Å². The fourth-order valence-corrected chi connectivity index (χ4v) is 4.55. The first-order valence-corrected chi connectivity index (χ1v) is 11.6. The summed E-state index contributed by atoms with van der Waals surface area (Å²) in [4.78, 5) is 28.9. The minimum atomic E-state index is -0.169. The maximum atomic E-state index is 13.5. The summed E-state index contributed by atoms with van der Waals surface area (Å²) in [5, 5.41) is 1.40. The molecule has 2 aromatic heterocycles. The van der Waals surface area contributed by atoms with Gasteiger partial charge in [-0.15, -0.1) is 0 Å². The molecule has 2 aromatic carbocycles. The third-order valence-electron chi connectivity index (χ3n) is 6.38. The van der Waals surface area contributed by atoms with Gasteiger partial charge in [-0.2, -0.15) is 0 Å². The molecule has 0 atom stereocenters. The third kappa shape index (κ3) is 4.21. The van der Waals surface area contributed by atoms with E-state index in [9.17, 15) is 9.59 Å². The molecule has 0 N–H and O–H groups in total. The number of hydrogen-bond donors (Lipinski definition) is 0. The van der Waals surface area contributed by atoms with E-state index < -0.39 is 0 Å². The van der Waals surface area contributed by atoms with Crippen LogP contribution in [0.25, 0.3) is 10.9 Å². The number of carbonyl (C=O) groups is 2. The monoisotopic (exact) mass is 476 g/mol. The van der Waals surface area contributed by atoms with Crippen LogP contribution < -0.4 is 4.74 Å². The molecule has 2 heterocycles. The van der Waals surface area contributed by atoms with Gasteiger partial charge in [-0.1, -0.05) is 11.6 Å². The van der Waals surface area contributed by atoms with Crippen molar-refractivity contribution in [3.63, 3.8) is 0 Å². The van der Waals surface area contributed by atoms with Crippen molar-refractivity contribution < 1.29 is 18.7 Å². The van der Waals surface area contributed by atoms with Crippen molar-refractivity contribution in [3.8, 4) is 5.75 Å². The number of methoxy groups -OCH3 is 1. The number of fused-ring (bicyclic) bond motifs is 1. The zero-order chi connectivity index (χ0) is 23.8. The Morgan fingerprint density at radius 1 is 1.15 bits per heavy atom. The summed E-state index contributed by atoms with van der Waals surface area (Å²) < 4.78 is 12.6. The molecule has 1 saturated carbocycles. The summed E-state index contributed by atoms with van der Waals surface area (Å²) in [6.45, 7) is 2.33. The fourth-order valence-electron chi connectivity index (χ4n) is 4.43. The average molecular weight is 477 g/mol. The highest BCUT2D eigenvalue weighted by molar-refractivity contribution is 6.30. The number of ether oxygens (including phenoxy) is 1.